The third-order valence-electron chi connectivity index (χ3n) is 3.73. The Labute approximate surface area is 167 Å². The molecule has 1 heterocycles. The lowest BCUT2D eigenvalue weighted by Crippen LogP contribution is -2.47. The van der Waals surface area contributed by atoms with Crippen LogP contribution < -0.4 is 10.6 Å². The van der Waals surface area contributed by atoms with E-state index in [4.69, 9.17) is 5.26 Å². The van der Waals surface area contributed by atoms with E-state index in [-0.39, 0.29) is 24.2 Å². The van der Waals surface area contributed by atoms with E-state index in [0.717, 1.165) is 15.5 Å². The Hall–Kier alpha value is -2.37. The minimum Gasteiger partial charge on any atom is -0.344 e. The first-order valence-electron chi connectivity index (χ1n) is 8.52. The number of aryl methyl sites for hydroxylation is 1. The van der Waals surface area contributed by atoms with E-state index >= 15 is 0 Å². The van der Waals surface area contributed by atoms with Gasteiger partial charge in [0.15, 0.2) is 5.13 Å². The molecule has 0 aliphatic carbocycles. The summed E-state index contributed by atoms with van der Waals surface area (Å²) in [4.78, 5) is 29.3. The van der Waals surface area contributed by atoms with E-state index < -0.39 is 6.04 Å². The summed E-state index contributed by atoms with van der Waals surface area (Å²) in [6, 6.07) is 10.8. The van der Waals surface area contributed by atoms with Crippen molar-refractivity contribution in [2.24, 2.45) is 5.92 Å². The van der Waals surface area contributed by atoms with Gasteiger partial charge >= 0.3 is 0 Å². The number of nitrogens with zero attached hydrogens (tertiary/aromatic N) is 2. The highest BCUT2D eigenvalue weighted by molar-refractivity contribution is 8.01. The van der Waals surface area contributed by atoms with Crippen LogP contribution in [0.15, 0.2) is 34.5 Å². The summed E-state index contributed by atoms with van der Waals surface area (Å²) in [5.74, 6) is -0.230. The third-order valence-corrected chi connectivity index (χ3v) is 6.03. The molecular formula is C19H22N4O2S2. The number of nitrogens with one attached hydrogen (secondary N) is 2. The van der Waals surface area contributed by atoms with Crippen molar-refractivity contribution < 1.29 is 9.59 Å². The Morgan fingerprint density at radius 1 is 1.30 bits per heavy atom. The van der Waals surface area contributed by atoms with Gasteiger partial charge in [-0.3, -0.25) is 9.59 Å². The van der Waals surface area contributed by atoms with Gasteiger partial charge in [-0.05, 0) is 18.4 Å². The molecule has 6 nitrogen and oxygen atoms in total. The fourth-order valence-corrected chi connectivity index (χ4v) is 4.19. The summed E-state index contributed by atoms with van der Waals surface area (Å²) in [6.45, 7) is 5.61. The molecule has 2 rings (SSSR count). The molecule has 0 saturated carbocycles. The van der Waals surface area contributed by atoms with Crippen LogP contribution in [-0.4, -0.2) is 28.6 Å². The van der Waals surface area contributed by atoms with Crippen molar-refractivity contribution in [1.29, 1.82) is 5.26 Å². The van der Waals surface area contributed by atoms with Gasteiger partial charge in [-0.25, -0.2) is 4.98 Å². The first kappa shape index (κ1) is 20.9. The summed E-state index contributed by atoms with van der Waals surface area (Å²) in [6.07, 6.45) is 0.225. The molecular weight excluding hydrogens is 380 g/mol. The normalized spacial score (nSPS) is 11.7. The summed E-state index contributed by atoms with van der Waals surface area (Å²) >= 11 is 2.73. The van der Waals surface area contributed by atoms with Crippen molar-refractivity contribution in [2.75, 3.05) is 11.1 Å². The molecule has 0 bridgehead atoms. The van der Waals surface area contributed by atoms with Crippen molar-refractivity contribution in [1.82, 2.24) is 10.3 Å². The van der Waals surface area contributed by atoms with Crippen molar-refractivity contribution in [3.8, 4) is 6.07 Å². The molecule has 0 spiro atoms. The largest absolute Gasteiger partial charge is 0.344 e. The second-order valence-corrected chi connectivity index (χ2v) is 8.52. The standard InChI is InChI=1S/C19H22N4O2S2/c1-12(2)16(22-15(24)11-14-7-5-4-6-8-14)17(25)23-19-21-13(3)18(27-19)26-10-9-20/h4-8,12,16H,10-11H2,1-3H3,(H,22,24)(H,21,23,25)/t16-/m0/s1. The topological polar surface area (TPSA) is 94.9 Å². The molecule has 142 valence electrons. The lowest BCUT2D eigenvalue weighted by Gasteiger charge is -2.21. The van der Waals surface area contributed by atoms with Crippen LogP contribution in [0.3, 0.4) is 0 Å². The van der Waals surface area contributed by atoms with Crippen LogP contribution >= 0.6 is 23.1 Å². The smallest absolute Gasteiger partial charge is 0.248 e. The highest BCUT2D eigenvalue weighted by atomic mass is 32.2. The number of thioether (sulfide) groups is 1. The monoisotopic (exact) mass is 402 g/mol. The molecule has 2 aromatic rings. The molecule has 27 heavy (non-hydrogen) atoms. The SMILES string of the molecule is Cc1nc(NC(=O)[C@@H](NC(=O)Cc2ccccc2)C(C)C)sc1SCC#N. The van der Waals surface area contributed by atoms with Crippen molar-refractivity contribution in [3.63, 3.8) is 0 Å². The van der Waals surface area contributed by atoms with Crippen LogP contribution in [-0.2, 0) is 16.0 Å². The lowest BCUT2D eigenvalue weighted by atomic mass is 10.0. The number of carbonyl (C=O) groups excluding carboxylic acids is 2. The predicted molar refractivity (Wildman–Crippen MR) is 109 cm³/mol. The predicted octanol–water partition coefficient (Wildman–Crippen LogP) is 3.39. The van der Waals surface area contributed by atoms with Gasteiger partial charge in [-0.2, -0.15) is 5.26 Å². The zero-order chi connectivity index (χ0) is 19.8. The van der Waals surface area contributed by atoms with E-state index in [2.05, 4.69) is 21.7 Å². The number of amides is 2. The Morgan fingerprint density at radius 2 is 2.00 bits per heavy atom. The average molecular weight is 403 g/mol. The zero-order valence-electron chi connectivity index (χ0n) is 15.5. The van der Waals surface area contributed by atoms with Gasteiger partial charge in [0.1, 0.15) is 6.04 Å². The maximum Gasteiger partial charge on any atom is 0.248 e. The van der Waals surface area contributed by atoms with Crippen molar-refractivity contribution >= 4 is 40.0 Å². The number of aromatic nitrogens is 1. The minimum absolute atomic E-state index is 0.0711. The maximum absolute atomic E-state index is 12.7. The number of anilines is 1. The molecule has 1 atom stereocenters. The molecule has 8 heteroatoms. The van der Waals surface area contributed by atoms with Gasteiger partial charge in [0.2, 0.25) is 11.8 Å². The Bertz CT molecular complexity index is 828. The Kier molecular flexibility index (Phi) is 7.82. The van der Waals surface area contributed by atoms with E-state index in [9.17, 15) is 9.59 Å². The number of hydrogen-bond acceptors (Lipinski definition) is 6. The summed E-state index contributed by atoms with van der Waals surface area (Å²) in [5.41, 5.74) is 1.68. The maximum atomic E-state index is 12.7. The van der Waals surface area contributed by atoms with Gasteiger partial charge in [0.25, 0.3) is 0 Å². The molecule has 0 radical (unpaired) electrons. The van der Waals surface area contributed by atoms with E-state index in [0.29, 0.717) is 10.9 Å². The van der Waals surface area contributed by atoms with Crippen LogP contribution in [0.4, 0.5) is 5.13 Å². The van der Waals surface area contributed by atoms with E-state index in [1.807, 2.05) is 51.1 Å². The fourth-order valence-electron chi connectivity index (χ4n) is 2.39. The summed E-state index contributed by atoms with van der Waals surface area (Å²) in [5, 5.41) is 14.8. The molecule has 1 aromatic carbocycles. The summed E-state index contributed by atoms with van der Waals surface area (Å²) in [7, 11) is 0. The van der Waals surface area contributed by atoms with Gasteiger partial charge in [0, 0.05) is 0 Å². The average Bonchev–Trinajstić information content (AvgIpc) is 2.97. The highest BCUT2D eigenvalue weighted by Crippen LogP contribution is 2.31. The van der Waals surface area contributed by atoms with E-state index in [1.165, 1.54) is 23.1 Å². The lowest BCUT2D eigenvalue weighted by molar-refractivity contribution is -0.127. The van der Waals surface area contributed by atoms with Crippen LogP contribution in [0.25, 0.3) is 0 Å². The number of nitriles is 1. The quantitative estimate of drug-likeness (QED) is 0.660. The molecule has 2 N–H and O–H groups in total. The second kappa shape index (κ2) is 10.1. The first-order chi connectivity index (χ1) is 12.9. The van der Waals surface area contributed by atoms with Crippen LogP contribution in [0, 0.1) is 24.2 Å². The van der Waals surface area contributed by atoms with E-state index in [1.54, 1.807) is 0 Å². The van der Waals surface area contributed by atoms with Crippen LogP contribution in [0.2, 0.25) is 0 Å². The molecule has 0 aliphatic rings. The van der Waals surface area contributed by atoms with Crippen molar-refractivity contribution in [3.05, 3.63) is 41.6 Å². The van der Waals surface area contributed by atoms with Gasteiger partial charge in [0.05, 0.1) is 28.1 Å². The number of hydrogen-bond donors (Lipinski definition) is 2. The van der Waals surface area contributed by atoms with Gasteiger partial charge in [-0.15, -0.1) is 0 Å². The van der Waals surface area contributed by atoms with Gasteiger partial charge in [-0.1, -0.05) is 67.3 Å². The number of thiazole rings is 1. The first-order valence-corrected chi connectivity index (χ1v) is 10.3. The number of rotatable bonds is 8. The highest BCUT2D eigenvalue weighted by Gasteiger charge is 2.25. The zero-order valence-corrected chi connectivity index (χ0v) is 17.1. The fraction of sp³-hybridized carbons (Fsp3) is 0.368. The summed E-state index contributed by atoms with van der Waals surface area (Å²) < 4.78 is 0.904. The number of carbonyl (C=O) groups is 2. The molecule has 0 fully saturated rings. The molecule has 0 unspecified atom stereocenters. The Morgan fingerprint density at radius 3 is 2.63 bits per heavy atom. The van der Waals surface area contributed by atoms with Crippen LogP contribution in [0.5, 0.6) is 0 Å². The number of benzene rings is 1. The molecule has 1 aromatic heterocycles. The third kappa shape index (κ3) is 6.38. The molecule has 2 amide bonds. The van der Waals surface area contributed by atoms with Gasteiger partial charge < -0.3 is 10.6 Å². The Balaban J connectivity index is 2.00. The molecule has 0 saturated heterocycles. The second-order valence-electron chi connectivity index (χ2n) is 6.28. The molecule has 0 aliphatic heterocycles. The van der Waals surface area contributed by atoms with Crippen molar-refractivity contribution in [2.45, 2.75) is 37.4 Å². The minimum atomic E-state index is -0.652. The van der Waals surface area contributed by atoms with Crippen LogP contribution in [0.1, 0.15) is 25.1 Å².